The van der Waals surface area contributed by atoms with Crippen molar-refractivity contribution in [3.8, 4) is 11.4 Å². The van der Waals surface area contributed by atoms with E-state index in [0.717, 1.165) is 5.56 Å². The lowest BCUT2D eigenvalue weighted by Crippen LogP contribution is -1.80. The van der Waals surface area contributed by atoms with E-state index < -0.39 is 0 Å². The van der Waals surface area contributed by atoms with Crippen molar-refractivity contribution in [3.05, 3.63) is 35.7 Å². The zero-order valence-electron chi connectivity index (χ0n) is 14.6. The molecule has 2 rings (SSSR count). The molecule has 0 bridgehead atoms. The Labute approximate surface area is 135 Å². The Hall–Kier alpha value is -1.64. The zero-order valence-corrected chi connectivity index (χ0v) is 14.6. The van der Waals surface area contributed by atoms with Gasteiger partial charge in [0, 0.05) is 12.5 Å². The molecule has 0 aliphatic rings. The average molecular weight is 302 g/mol. The van der Waals surface area contributed by atoms with Crippen LogP contribution >= 0.6 is 0 Å². The number of hydrogen-bond acceptors (Lipinski definition) is 3. The van der Waals surface area contributed by atoms with E-state index in [1.807, 2.05) is 31.2 Å². The molecule has 1 aromatic heterocycles. The Bertz CT molecular complexity index is 496. The Balaban J connectivity index is 0.000000239. The van der Waals surface area contributed by atoms with Crippen LogP contribution in [0.3, 0.4) is 0 Å². The number of nitrogens with zero attached hydrogens (tertiary/aromatic N) is 2. The van der Waals surface area contributed by atoms with Crippen LogP contribution in [0.5, 0.6) is 0 Å². The van der Waals surface area contributed by atoms with Crippen molar-refractivity contribution in [2.45, 2.75) is 72.6 Å². The maximum Gasteiger partial charge on any atom is 0.223 e. The van der Waals surface area contributed by atoms with Crippen LogP contribution in [-0.2, 0) is 0 Å². The molecule has 2 aromatic rings. The Morgan fingerprint density at radius 1 is 0.818 bits per heavy atom. The summed E-state index contributed by atoms with van der Waals surface area (Å²) in [6.45, 7) is 8.36. The monoisotopic (exact) mass is 302 g/mol. The van der Waals surface area contributed by atoms with Gasteiger partial charge in [0.1, 0.15) is 0 Å². The lowest BCUT2D eigenvalue weighted by molar-refractivity contribution is 0.394. The Kier molecular flexibility index (Phi) is 9.20. The molecule has 0 aliphatic carbocycles. The number of aromatic nitrogens is 2. The summed E-state index contributed by atoms with van der Waals surface area (Å²) >= 11 is 0. The second kappa shape index (κ2) is 11.0. The van der Waals surface area contributed by atoms with Gasteiger partial charge in [0.05, 0.1) is 0 Å². The molecule has 0 N–H and O–H groups in total. The predicted molar refractivity (Wildman–Crippen MR) is 92.9 cm³/mol. The van der Waals surface area contributed by atoms with Crippen LogP contribution in [0.1, 0.15) is 70.2 Å². The number of benzene rings is 1. The topological polar surface area (TPSA) is 38.9 Å². The maximum absolute atomic E-state index is 4.89. The highest BCUT2D eigenvalue weighted by Crippen LogP contribution is 2.15. The average Bonchev–Trinajstić information content (AvgIpc) is 2.95. The molecule has 1 aromatic carbocycles. The molecule has 0 amide bonds. The first-order valence-electron chi connectivity index (χ1n) is 8.54. The first kappa shape index (κ1) is 18.4. The van der Waals surface area contributed by atoms with Crippen molar-refractivity contribution in [2.24, 2.45) is 0 Å². The third-order valence-electron chi connectivity index (χ3n) is 3.54. The van der Waals surface area contributed by atoms with Gasteiger partial charge in [0.15, 0.2) is 0 Å². The third kappa shape index (κ3) is 7.39. The molecule has 3 heteroatoms. The van der Waals surface area contributed by atoms with Crippen molar-refractivity contribution < 1.29 is 4.52 Å². The van der Waals surface area contributed by atoms with Gasteiger partial charge in [-0.05, 0) is 6.92 Å². The van der Waals surface area contributed by atoms with Crippen molar-refractivity contribution in [1.82, 2.24) is 10.1 Å². The molecule has 0 aliphatic heterocycles. The van der Waals surface area contributed by atoms with Gasteiger partial charge in [0.25, 0.3) is 0 Å². The van der Waals surface area contributed by atoms with Crippen molar-refractivity contribution in [2.75, 3.05) is 0 Å². The molecule has 22 heavy (non-hydrogen) atoms. The van der Waals surface area contributed by atoms with Gasteiger partial charge in [-0.15, -0.1) is 0 Å². The lowest BCUT2D eigenvalue weighted by Gasteiger charge is -1.96. The fourth-order valence-corrected chi connectivity index (χ4v) is 2.15. The molecule has 0 fully saturated rings. The van der Waals surface area contributed by atoms with Crippen molar-refractivity contribution in [1.29, 1.82) is 0 Å². The summed E-state index contributed by atoms with van der Waals surface area (Å²) in [4.78, 5) is 4.13. The normalized spacial score (nSPS) is 10.2. The van der Waals surface area contributed by atoms with Gasteiger partial charge in [0.2, 0.25) is 11.7 Å². The van der Waals surface area contributed by atoms with E-state index >= 15 is 0 Å². The molecular weight excluding hydrogens is 272 g/mol. The molecule has 0 unspecified atom stereocenters. The van der Waals surface area contributed by atoms with Crippen LogP contribution in [0.2, 0.25) is 0 Å². The quantitative estimate of drug-likeness (QED) is 0.579. The van der Waals surface area contributed by atoms with Crippen LogP contribution in [0.25, 0.3) is 11.4 Å². The molecule has 0 atom stereocenters. The second-order valence-electron chi connectivity index (χ2n) is 5.77. The first-order chi connectivity index (χ1) is 10.7. The predicted octanol–water partition coefficient (Wildman–Crippen LogP) is 6.11. The van der Waals surface area contributed by atoms with Crippen molar-refractivity contribution in [3.63, 3.8) is 0 Å². The highest BCUT2D eigenvalue weighted by molar-refractivity contribution is 5.54. The minimum atomic E-state index is 0.593. The summed E-state index contributed by atoms with van der Waals surface area (Å²) < 4.78 is 4.89. The summed E-state index contributed by atoms with van der Waals surface area (Å²) in [5.41, 5.74) is 2.21. The SMILES string of the molecule is CCCCCCCCC.Cc1ccc(-c2noc(C)n2)cc1. The summed E-state index contributed by atoms with van der Waals surface area (Å²) in [5, 5.41) is 3.83. The summed E-state index contributed by atoms with van der Waals surface area (Å²) in [5.74, 6) is 1.24. The Morgan fingerprint density at radius 2 is 1.36 bits per heavy atom. The fraction of sp³-hybridized carbons (Fsp3) is 0.579. The maximum atomic E-state index is 4.89. The molecule has 0 radical (unpaired) electrons. The van der Waals surface area contributed by atoms with Crippen LogP contribution < -0.4 is 0 Å². The van der Waals surface area contributed by atoms with Gasteiger partial charge in [-0.2, -0.15) is 4.98 Å². The van der Waals surface area contributed by atoms with Crippen LogP contribution in [0.15, 0.2) is 28.8 Å². The lowest BCUT2D eigenvalue weighted by atomic mass is 10.1. The fourth-order valence-electron chi connectivity index (χ4n) is 2.15. The van der Waals surface area contributed by atoms with E-state index in [2.05, 4.69) is 24.0 Å². The molecule has 0 saturated carbocycles. The number of hydrogen-bond donors (Lipinski definition) is 0. The molecular formula is C19H30N2O. The van der Waals surface area contributed by atoms with E-state index in [1.54, 1.807) is 6.92 Å². The molecule has 0 spiro atoms. The van der Waals surface area contributed by atoms with E-state index in [9.17, 15) is 0 Å². The molecule has 0 saturated heterocycles. The van der Waals surface area contributed by atoms with E-state index in [0.29, 0.717) is 11.7 Å². The second-order valence-corrected chi connectivity index (χ2v) is 5.77. The highest BCUT2D eigenvalue weighted by Gasteiger charge is 2.03. The van der Waals surface area contributed by atoms with Gasteiger partial charge in [-0.25, -0.2) is 0 Å². The number of unbranched alkanes of at least 4 members (excludes halogenated alkanes) is 6. The van der Waals surface area contributed by atoms with E-state index in [4.69, 9.17) is 4.52 Å². The van der Waals surface area contributed by atoms with Crippen LogP contribution in [0.4, 0.5) is 0 Å². The number of aryl methyl sites for hydroxylation is 2. The van der Waals surface area contributed by atoms with E-state index in [-0.39, 0.29) is 0 Å². The summed E-state index contributed by atoms with van der Waals surface area (Å²) in [6.07, 6.45) is 9.97. The van der Waals surface area contributed by atoms with Gasteiger partial charge >= 0.3 is 0 Å². The summed E-state index contributed by atoms with van der Waals surface area (Å²) in [7, 11) is 0. The van der Waals surface area contributed by atoms with Crippen LogP contribution in [-0.4, -0.2) is 10.1 Å². The Morgan fingerprint density at radius 3 is 1.82 bits per heavy atom. The third-order valence-corrected chi connectivity index (χ3v) is 3.54. The summed E-state index contributed by atoms with van der Waals surface area (Å²) in [6, 6.07) is 8.03. The number of rotatable bonds is 7. The largest absolute Gasteiger partial charge is 0.339 e. The molecule has 3 nitrogen and oxygen atoms in total. The van der Waals surface area contributed by atoms with Gasteiger partial charge < -0.3 is 4.52 Å². The molecule has 122 valence electrons. The van der Waals surface area contributed by atoms with Crippen molar-refractivity contribution >= 4 is 0 Å². The molecule has 1 heterocycles. The zero-order chi connectivity index (χ0) is 16.2. The highest BCUT2D eigenvalue weighted by atomic mass is 16.5. The minimum absolute atomic E-state index is 0.593. The van der Waals surface area contributed by atoms with E-state index in [1.165, 1.54) is 50.5 Å². The van der Waals surface area contributed by atoms with Gasteiger partial charge in [-0.3, -0.25) is 0 Å². The minimum Gasteiger partial charge on any atom is -0.339 e. The van der Waals surface area contributed by atoms with Crippen LogP contribution in [0, 0.1) is 13.8 Å². The standard InChI is InChI=1S/C10H10N2O.C9H20/c1-7-3-5-9(6-4-7)10-11-8(2)13-12-10;1-3-5-7-9-8-6-4-2/h3-6H,1-2H3;3-9H2,1-2H3. The smallest absolute Gasteiger partial charge is 0.223 e. The first-order valence-corrected chi connectivity index (χ1v) is 8.54. The van der Waals surface area contributed by atoms with Gasteiger partial charge in [-0.1, -0.05) is 93.8 Å².